The van der Waals surface area contributed by atoms with Crippen molar-refractivity contribution in [2.75, 3.05) is 0 Å². The smallest absolute Gasteiger partial charge is 0.127 e. The average Bonchev–Trinajstić information content (AvgIpc) is 2.89. The molecule has 4 aromatic rings. The molecule has 0 fully saturated rings. The molecule has 0 N–H and O–H groups in total. The molecule has 3 nitrogen and oxygen atoms in total. The van der Waals surface area contributed by atoms with Gasteiger partial charge in [-0.2, -0.15) is 0 Å². The van der Waals surface area contributed by atoms with Gasteiger partial charge in [0.1, 0.15) is 35.2 Å². The monoisotopic (exact) mass is 550 g/mol. The van der Waals surface area contributed by atoms with Crippen LogP contribution < -0.4 is 14.2 Å². The highest BCUT2D eigenvalue weighted by atomic mass is 16.5. The Labute approximate surface area is 247 Å². The van der Waals surface area contributed by atoms with Gasteiger partial charge in [-0.3, -0.25) is 0 Å². The van der Waals surface area contributed by atoms with Crippen LogP contribution in [-0.4, -0.2) is 5.60 Å². The fourth-order valence-corrected chi connectivity index (χ4v) is 4.92. The van der Waals surface area contributed by atoms with Crippen molar-refractivity contribution in [3.8, 4) is 23.0 Å². The molecule has 3 heteroatoms. The molecule has 0 heterocycles. The van der Waals surface area contributed by atoms with Gasteiger partial charge in [0.25, 0.3) is 0 Å². The van der Waals surface area contributed by atoms with E-state index in [0.29, 0.717) is 6.61 Å². The maximum Gasteiger partial charge on any atom is 0.127 e. The van der Waals surface area contributed by atoms with Crippen molar-refractivity contribution in [2.45, 2.75) is 86.9 Å². The second kappa shape index (κ2) is 12.4. The largest absolute Gasteiger partial charge is 0.489 e. The van der Waals surface area contributed by atoms with Gasteiger partial charge >= 0.3 is 0 Å². The lowest BCUT2D eigenvalue weighted by Crippen LogP contribution is -2.23. The molecule has 4 rings (SSSR count). The van der Waals surface area contributed by atoms with E-state index >= 15 is 0 Å². The predicted molar refractivity (Wildman–Crippen MR) is 171 cm³/mol. The van der Waals surface area contributed by atoms with Crippen molar-refractivity contribution in [2.24, 2.45) is 5.41 Å². The molecule has 216 valence electrons. The van der Waals surface area contributed by atoms with E-state index in [4.69, 9.17) is 14.2 Å². The fraction of sp³-hybridized carbons (Fsp3) is 0.368. The van der Waals surface area contributed by atoms with Crippen molar-refractivity contribution in [1.29, 1.82) is 0 Å². The summed E-state index contributed by atoms with van der Waals surface area (Å²) in [4.78, 5) is 0. The van der Waals surface area contributed by atoms with Gasteiger partial charge in [0.05, 0.1) is 0 Å². The molecule has 1 atom stereocenters. The molecular weight excluding hydrogens is 504 g/mol. The van der Waals surface area contributed by atoms with Crippen LogP contribution >= 0.6 is 0 Å². The maximum atomic E-state index is 6.20. The Kier molecular flexibility index (Phi) is 9.17. The fourth-order valence-electron chi connectivity index (χ4n) is 4.92. The highest BCUT2D eigenvalue weighted by molar-refractivity contribution is 5.44. The minimum atomic E-state index is -0.209. The Hall–Kier alpha value is -3.72. The van der Waals surface area contributed by atoms with Crippen LogP contribution in [0.2, 0.25) is 0 Å². The highest BCUT2D eigenvalue weighted by Gasteiger charge is 2.16. The highest BCUT2D eigenvalue weighted by Crippen LogP contribution is 2.32. The van der Waals surface area contributed by atoms with Crippen molar-refractivity contribution in [1.82, 2.24) is 0 Å². The summed E-state index contributed by atoms with van der Waals surface area (Å²) in [5.41, 5.74) is 7.33. The SMILES string of the molecule is Cc1cc(C(C)c2ccc(OC(C)(C)C)c(C)c2)ccc1OCc1ccc(Oc2ccc(CC(C)(C)C)cc2)cc1. The molecule has 0 aromatic heterocycles. The quantitative estimate of drug-likeness (QED) is 0.207. The van der Waals surface area contributed by atoms with E-state index in [1.165, 1.54) is 16.7 Å². The van der Waals surface area contributed by atoms with Crippen LogP contribution in [0.5, 0.6) is 23.0 Å². The van der Waals surface area contributed by atoms with Gasteiger partial charge in [-0.15, -0.1) is 0 Å². The minimum Gasteiger partial charge on any atom is -0.489 e. The second-order valence-corrected chi connectivity index (χ2v) is 13.4. The van der Waals surface area contributed by atoms with Gasteiger partial charge in [-0.25, -0.2) is 0 Å². The first-order valence-electron chi connectivity index (χ1n) is 14.6. The molecule has 4 aromatic carbocycles. The Bertz CT molecular complexity index is 1440. The van der Waals surface area contributed by atoms with Crippen LogP contribution in [-0.2, 0) is 13.0 Å². The molecule has 0 saturated heterocycles. The second-order valence-electron chi connectivity index (χ2n) is 13.4. The third kappa shape index (κ3) is 8.88. The lowest BCUT2D eigenvalue weighted by molar-refractivity contribution is 0.130. The molecule has 41 heavy (non-hydrogen) atoms. The Morgan fingerprint density at radius 3 is 1.56 bits per heavy atom. The normalized spacial score (nSPS) is 12.6. The van der Waals surface area contributed by atoms with Crippen LogP contribution in [0.4, 0.5) is 0 Å². The van der Waals surface area contributed by atoms with Crippen LogP contribution in [0.1, 0.15) is 87.8 Å². The minimum absolute atomic E-state index is 0.209. The van der Waals surface area contributed by atoms with Crippen LogP contribution in [0.25, 0.3) is 0 Å². The lowest BCUT2D eigenvalue weighted by atomic mass is 9.88. The summed E-state index contributed by atoms with van der Waals surface area (Å²) in [5, 5.41) is 0. The van der Waals surface area contributed by atoms with Gasteiger partial charge in [-0.1, -0.05) is 76.2 Å². The van der Waals surface area contributed by atoms with E-state index < -0.39 is 0 Å². The third-order valence-electron chi connectivity index (χ3n) is 7.03. The maximum absolute atomic E-state index is 6.20. The Balaban J connectivity index is 1.34. The first-order chi connectivity index (χ1) is 19.3. The van der Waals surface area contributed by atoms with E-state index in [1.807, 2.05) is 24.3 Å². The molecule has 0 saturated carbocycles. The molecular formula is C38H46O3. The number of benzene rings is 4. The molecule has 0 aliphatic heterocycles. The summed E-state index contributed by atoms with van der Waals surface area (Å²) in [6.07, 6.45) is 1.05. The van der Waals surface area contributed by atoms with Crippen LogP contribution in [0.15, 0.2) is 84.9 Å². The predicted octanol–water partition coefficient (Wildman–Crippen LogP) is 10.6. The zero-order valence-corrected chi connectivity index (χ0v) is 26.3. The van der Waals surface area contributed by atoms with Crippen molar-refractivity contribution in [3.63, 3.8) is 0 Å². The number of rotatable bonds is 9. The molecule has 0 amide bonds. The average molecular weight is 551 g/mol. The molecule has 0 aliphatic rings. The third-order valence-corrected chi connectivity index (χ3v) is 7.03. The Morgan fingerprint density at radius 2 is 1.10 bits per heavy atom. The zero-order chi connectivity index (χ0) is 29.8. The van der Waals surface area contributed by atoms with E-state index in [0.717, 1.165) is 46.1 Å². The number of hydrogen-bond donors (Lipinski definition) is 0. The van der Waals surface area contributed by atoms with Crippen LogP contribution in [0.3, 0.4) is 0 Å². The number of aryl methyl sites for hydroxylation is 2. The zero-order valence-electron chi connectivity index (χ0n) is 26.3. The number of ether oxygens (including phenoxy) is 3. The van der Waals surface area contributed by atoms with Crippen molar-refractivity contribution in [3.05, 3.63) is 118 Å². The molecule has 0 radical (unpaired) electrons. The van der Waals surface area contributed by atoms with Crippen molar-refractivity contribution < 1.29 is 14.2 Å². The molecule has 0 spiro atoms. The number of hydrogen-bond acceptors (Lipinski definition) is 3. The van der Waals surface area contributed by atoms with E-state index in [9.17, 15) is 0 Å². The standard InChI is InChI=1S/C38H46O3/c1-26-22-31(28(3)32-15-21-36(27(2)23-32)41-38(7,8)9)14-20-35(26)39-25-30-12-18-34(19-13-30)40-33-16-10-29(11-17-33)24-37(4,5)6/h10-23,28H,24-25H2,1-9H3. The van der Waals surface area contributed by atoms with E-state index in [1.54, 1.807) is 0 Å². The summed E-state index contributed by atoms with van der Waals surface area (Å²) in [7, 11) is 0. The van der Waals surface area contributed by atoms with Gasteiger partial charge in [0, 0.05) is 5.92 Å². The van der Waals surface area contributed by atoms with Gasteiger partial charge in [0.15, 0.2) is 0 Å². The van der Waals surface area contributed by atoms with Crippen LogP contribution in [0, 0.1) is 19.3 Å². The van der Waals surface area contributed by atoms with E-state index in [2.05, 4.69) is 123 Å². The van der Waals surface area contributed by atoms with Gasteiger partial charge < -0.3 is 14.2 Å². The molecule has 0 aliphatic carbocycles. The summed E-state index contributed by atoms with van der Waals surface area (Å²) in [6, 6.07) is 29.5. The topological polar surface area (TPSA) is 27.7 Å². The summed E-state index contributed by atoms with van der Waals surface area (Å²) in [6.45, 7) is 20.0. The van der Waals surface area contributed by atoms with Crippen molar-refractivity contribution >= 4 is 0 Å². The Morgan fingerprint density at radius 1 is 0.610 bits per heavy atom. The summed E-state index contributed by atoms with van der Waals surface area (Å²) in [5.74, 6) is 3.79. The molecule has 0 bridgehead atoms. The first kappa shape index (κ1) is 30.2. The lowest BCUT2D eigenvalue weighted by Gasteiger charge is -2.23. The van der Waals surface area contributed by atoms with E-state index in [-0.39, 0.29) is 16.9 Å². The first-order valence-corrected chi connectivity index (χ1v) is 14.6. The van der Waals surface area contributed by atoms with Gasteiger partial charge in [-0.05, 0) is 116 Å². The summed E-state index contributed by atoms with van der Waals surface area (Å²) >= 11 is 0. The summed E-state index contributed by atoms with van der Waals surface area (Å²) < 4.78 is 18.4. The molecule has 1 unspecified atom stereocenters. The van der Waals surface area contributed by atoms with Gasteiger partial charge in [0.2, 0.25) is 0 Å².